The SMILES string of the molecule is COc1cc(C2OC(CCc3ccc(O)c(OCO)c3)CC(O)C2CCO)cc(OCC2NC(C)CC34CCCC3CCC(C3=CCNC(N)=C3)C24CC(=O)O)c1O. The van der Waals surface area contributed by atoms with Crippen LogP contribution in [0.1, 0.15) is 88.4 Å². The van der Waals surface area contributed by atoms with Crippen LogP contribution in [0, 0.1) is 28.6 Å². The Kier molecular flexibility index (Phi) is 12.7. The summed E-state index contributed by atoms with van der Waals surface area (Å²) in [6.07, 6.45) is 9.69. The van der Waals surface area contributed by atoms with Gasteiger partial charge in [-0.2, -0.15) is 0 Å². The van der Waals surface area contributed by atoms with E-state index < -0.39 is 36.3 Å². The number of ether oxygens (including phenoxy) is 4. The van der Waals surface area contributed by atoms with Crippen molar-refractivity contribution < 1.29 is 54.4 Å². The first-order chi connectivity index (χ1) is 27.9. The third kappa shape index (κ3) is 7.93. The number of hydrogen-bond acceptors (Lipinski definition) is 13. The van der Waals surface area contributed by atoms with E-state index in [1.54, 1.807) is 24.3 Å². The molecule has 7 rings (SSSR count). The molecule has 4 fully saturated rings. The average Bonchev–Trinajstić information content (AvgIpc) is 3.61. The molecule has 2 saturated carbocycles. The summed E-state index contributed by atoms with van der Waals surface area (Å²) < 4.78 is 24.2. The Morgan fingerprint density at radius 1 is 1.05 bits per heavy atom. The van der Waals surface area contributed by atoms with Crippen molar-refractivity contribution in [1.29, 1.82) is 0 Å². The van der Waals surface area contributed by atoms with Gasteiger partial charge in [0.05, 0.1) is 37.7 Å². The molecule has 2 aromatic carbocycles. The monoisotopic (exact) mass is 807 g/mol. The Morgan fingerprint density at radius 2 is 1.86 bits per heavy atom. The standard InChI is InChI=1S/C44H61N3O11/c1-25-21-43-13-3-4-29(43)7-9-32(27-11-14-46-39(45)19-27)44(43,22-40(52)53)38(47-25)23-56-37-18-28(17-36(55-2)41(37)54)42-31(12-15-48)34(51)20-30(58-42)8-5-26-6-10-33(50)35(16-26)57-24-49/h6,10-11,16-19,25,29-32,34,38,42,46-51,54H,3-5,7-9,12-15,20-24,45H2,1-2H3,(H,52,53). The molecule has 58 heavy (non-hydrogen) atoms. The minimum atomic E-state index is -0.849. The van der Waals surface area contributed by atoms with Gasteiger partial charge >= 0.3 is 5.97 Å². The van der Waals surface area contributed by atoms with Crippen molar-refractivity contribution >= 4 is 5.97 Å². The first-order valence-electron chi connectivity index (χ1n) is 20.9. The lowest BCUT2D eigenvalue weighted by molar-refractivity contribution is -0.172. The Hall–Kier alpha value is -4.21. The van der Waals surface area contributed by atoms with E-state index in [0.29, 0.717) is 43.1 Å². The first kappa shape index (κ1) is 41.9. The molecule has 0 aromatic heterocycles. The number of carboxylic acids is 1. The van der Waals surface area contributed by atoms with Gasteiger partial charge in [0.25, 0.3) is 0 Å². The molecule has 10 unspecified atom stereocenters. The van der Waals surface area contributed by atoms with Gasteiger partial charge in [-0.15, -0.1) is 0 Å². The van der Waals surface area contributed by atoms with Gasteiger partial charge in [-0.25, -0.2) is 0 Å². The first-order valence-corrected chi connectivity index (χ1v) is 20.9. The quantitative estimate of drug-likeness (QED) is 0.114. The number of carbonyl (C=O) groups is 1. The second-order valence-electron chi connectivity index (χ2n) is 17.1. The van der Waals surface area contributed by atoms with Crippen LogP contribution in [0.15, 0.2) is 53.9 Å². The maximum Gasteiger partial charge on any atom is 0.304 e. The summed E-state index contributed by atoms with van der Waals surface area (Å²) in [5.41, 5.74) is 7.91. The van der Waals surface area contributed by atoms with E-state index in [-0.39, 0.29) is 84.3 Å². The number of nitrogens with two attached hydrogens (primary N) is 1. The van der Waals surface area contributed by atoms with E-state index >= 15 is 0 Å². The fourth-order valence-corrected chi connectivity index (χ4v) is 11.9. The number of aromatic hydroxyl groups is 2. The average molecular weight is 808 g/mol. The van der Waals surface area contributed by atoms with Crippen LogP contribution in [0.25, 0.3) is 0 Å². The number of aliphatic hydroxyl groups is 3. The molecule has 0 bridgehead atoms. The number of rotatable bonds is 15. The summed E-state index contributed by atoms with van der Waals surface area (Å²) in [7, 11) is 1.45. The number of piperidine rings is 1. The van der Waals surface area contributed by atoms with Crippen LogP contribution in [0.2, 0.25) is 0 Å². The van der Waals surface area contributed by atoms with Crippen LogP contribution in [-0.2, 0) is 16.0 Å². The second-order valence-corrected chi connectivity index (χ2v) is 17.1. The molecule has 0 amide bonds. The molecular formula is C44H61N3O11. The molecule has 2 aliphatic carbocycles. The predicted molar refractivity (Wildman–Crippen MR) is 214 cm³/mol. The zero-order valence-electron chi connectivity index (χ0n) is 33.6. The molecule has 5 aliphatic rings. The highest BCUT2D eigenvalue weighted by atomic mass is 16.6. The van der Waals surface area contributed by atoms with Crippen molar-refractivity contribution in [1.82, 2.24) is 10.6 Å². The van der Waals surface area contributed by atoms with E-state index in [4.69, 9.17) is 24.7 Å². The largest absolute Gasteiger partial charge is 0.504 e. The molecule has 2 saturated heterocycles. The molecule has 3 aliphatic heterocycles. The van der Waals surface area contributed by atoms with Crippen LogP contribution in [0.3, 0.4) is 0 Å². The minimum Gasteiger partial charge on any atom is -0.504 e. The van der Waals surface area contributed by atoms with Crippen LogP contribution in [-0.4, -0.2) is 94.6 Å². The number of allylic oxidation sites excluding steroid dienone is 2. The highest BCUT2D eigenvalue weighted by Crippen LogP contribution is 2.70. The van der Waals surface area contributed by atoms with Crippen molar-refractivity contribution in [2.75, 3.05) is 33.7 Å². The topological polar surface area (TPSA) is 225 Å². The van der Waals surface area contributed by atoms with Gasteiger partial charge in [-0.3, -0.25) is 4.79 Å². The number of carboxylic acid groups (broad SMARTS) is 1. The van der Waals surface area contributed by atoms with Crippen LogP contribution in [0.4, 0.5) is 0 Å². The minimum absolute atomic E-state index is 0.0340. The fraction of sp³-hybridized carbons (Fsp3) is 0.614. The summed E-state index contributed by atoms with van der Waals surface area (Å²) in [6.45, 7) is 2.09. The lowest BCUT2D eigenvalue weighted by Gasteiger charge is -2.66. The predicted octanol–water partition coefficient (Wildman–Crippen LogP) is 4.37. The Bertz CT molecular complexity index is 1850. The highest BCUT2D eigenvalue weighted by Gasteiger charge is 2.68. The van der Waals surface area contributed by atoms with Gasteiger partial charge in [0.15, 0.2) is 29.8 Å². The number of benzene rings is 2. The molecule has 318 valence electrons. The number of aryl methyl sites for hydroxylation is 1. The normalized spacial score (nSPS) is 33.2. The van der Waals surface area contributed by atoms with Crippen molar-refractivity contribution in [2.45, 2.75) is 108 Å². The van der Waals surface area contributed by atoms with Gasteiger partial charge in [0.2, 0.25) is 5.75 Å². The molecule has 0 radical (unpaired) electrons. The maximum absolute atomic E-state index is 13.1. The van der Waals surface area contributed by atoms with Gasteiger partial charge in [-0.05, 0) is 129 Å². The van der Waals surface area contributed by atoms with Crippen LogP contribution in [0.5, 0.6) is 28.7 Å². The Morgan fingerprint density at radius 3 is 2.60 bits per heavy atom. The summed E-state index contributed by atoms with van der Waals surface area (Å²) in [6, 6.07) is 8.03. The lowest BCUT2D eigenvalue weighted by atomic mass is 9.41. The number of aliphatic carboxylic acids is 1. The van der Waals surface area contributed by atoms with Crippen LogP contribution >= 0.6 is 0 Å². The zero-order chi connectivity index (χ0) is 41.2. The highest BCUT2D eigenvalue weighted by molar-refractivity contribution is 5.69. The smallest absolute Gasteiger partial charge is 0.304 e. The number of dihydropyridines is 1. The maximum atomic E-state index is 13.1. The van der Waals surface area contributed by atoms with Crippen molar-refractivity contribution in [3.8, 4) is 28.7 Å². The van der Waals surface area contributed by atoms with Gasteiger partial charge in [-0.1, -0.05) is 18.6 Å². The third-order valence-corrected chi connectivity index (χ3v) is 14.1. The third-order valence-electron chi connectivity index (χ3n) is 14.1. The van der Waals surface area contributed by atoms with E-state index in [0.717, 1.165) is 49.7 Å². The molecule has 1 spiro atoms. The Labute approximate surface area is 340 Å². The number of phenolic OH excluding ortho intramolecular Hbond substituents is 2. The summed E-state index contributed by atoms with van der Waals surface area (Å²) in [5, 5.41) is 70.1. The van der Waals surface area contributed by atoms with Gasteiger partial charge in [0, 0.05) is 36.6 Å². The van der Waals surface area contributed by atoms with Gasteiger partial charge in [0.1, 0.15) is 6.61 Å². The van der Waals surface area contributed by atoms with Crippen molar-refractivity contribution in [2.24, 2.45) is 34.3 Å². The van der Waals surface area contributed by atoms with Crippen molar-refractivity contribution in [3.63, 3.8) is 0 Å². The number of methoxy groups -OCH3 is 1. The molecule has 14 heteroatoms. The molecule has 14 nitrogen and oxygen atoms in total. The molecule has 2 aromatic rings. The lowest BCUT2D eigenvalue weighted by Crippen LogP contribution is -2.70. The fourth-order valence-electron chi connectivity index (χ4n) is 11.9. The van der Waals surface area contributed by atoms with E-state index in [1.165, 1.54) is 13.2 Å². The molecule has 10 N–H and O–H groups in total. The van der Waals surface area contributed by atoms with E-state index in [2.05, 4.69) is 23.6 Å². The van der Waals surface area contributed by atoms with Gasteiger partial charge < -0.3 is 66.0 Å². The molecular weight excluding hydrogens is 746 g/mol. The van der Waals surface area contributed by atoms with Crippen LogP contribution < -0.4 is 30.6 Å². The molecule has 3 heterocycles. The zero-order valence-corrected chi connectivity index (χ0v) is 33.6. The summed E-state index contributed by atoms with van der Waals surface area (Å²) >= 11 is 0. The van der Waals surface area contributed by atoms with Crippen molar-refractivity contribution in [3.05, 3.63) is 65.0 Å². The molecule has 10 atom stereocenters. The van der Waals surface area contributed by atoms with E-state index in [1.807, 2.05) is 6.08 Å². The Balaban J connectivity index is 1.20. The number of aliphatic hydroxyl groups excluding tert-OH is 3. The number of phenols is 2. The second kappa shape index (κ2) is 17.6. The number of hydrogen-bond donors (Lipinski definition) is 9. The summed E-state index contributed by atoms with van der Waals surface area (Å²) in [4.78, 5) is 13.1. The summed E-state index contributed by atoms with van der Waals surface area (Å²) in [5.74, 6) is -0.236. The van der Waals surface area contributed by atoms with E-state index in [9.17, 15) is 35.4 Å². The number of nitrogens with one attached hydrogen (secondary N) is 2.